The molecule has 2 N–H and O–H groups in total. The van der Waals surface area contributed by atoms with Gasteiger partial charge in [0.05, 0.1) is 25.0 Å². The molecule has 38 heavy (non-hydrogen) atoms. The Kier molecular flexibility index (Phi) is 10.8. The van der Waals surface area contributed by atoms with Crippen molar-refractivity contribution in [1.82, 2.24) is 10.7 Å². The molecular formula is C28H29Cl2N3O5. The van der Waals surface area contributed by atoms with Gasteiger partial charge in [-0.1, -0.05) is 59.6 Å². The van der Waals surface area contributed by atoms with Crippen molar-refractivity contribution < 1.29 is 23.8 Å². The van der Waals surface area contributed by atoms with Crippen LogP contribution in [0.2, 0.25) is 10.0 Å². The Balaban J connectivity index is 1.73. The molecule has 8 nitrogen and oxygen atoms in total. The molecular weight excluding hydrogens is 529 g/mol. The number of para-hydroxylation sites is 1. The summed E-state index contributed by atoms with van der Waals surface area (Å²) in [5, 5.41) is 7.56. The number of methoxy groups -OCH3 is 1. The third-order valence-electron chi connectivity index (χ3n) is 5.38. The molecule has 0 bridgehead atoms. The summed E-state index contributed by atoms with van der Waals surface area (Å²) >= 11 is 12.1. The fourth-order valence-corrected chi connectivity index (χ4v) is 3.95. The van der Waals surface area contributed by atoms with E-state index in [4.69, 9.17) is 37.4 Å². The average Bonchev–Trinajstić information content (AvgIpc) is 2.91. The molecule has 0 aromatic heterocycles. The molecule has 0 aliphatic carbocycles. The second kappa shape index (κ2) is 14.3. The van der Waals surface area contributed by atoms with E-state index >= 15 is 0 Å². The molecule has 0 saturated carbocycles. The van der Waals surface area contributed by atoms with E-state index in [0.717, 1.165) is 5.56 Å². The summed E-state index contributed by atoms with van der Waals surface area (Å²) in [4.78, 5) is 26.1. The van der Waals surface area contributed by atoms with Crippen LogP contribution in [0.4, 0.5) is 0 Å². The first-order valence-corrected chi connectivity index (χ1v) is 12.7. The Labute approximate surface area is 231 Å². The minimum Gasteiger partial charge on any atom is -0.493 e. The highest BCUT2D eigenvalue weighted by atomic mass is 35.5. The number of carbonyl (C=O) groups is 2. The van der Waals surface area contributed by atoms with Crippen molar-refractivity contribution >= 4 is 41.2 Å². The summed E-state index contributed by atoms with van der Waals surface area (Å²) in [6.45, 7) is 3.85. The average molecular weight is 558 g/mol. The van der Waals surface area contributed by atoms with E-state index in [1.165, 1.54) is 12.3 Å². The molecule has 0 aliphatic heterocycles. The second-order valence-electron chi connectivity index (χ2n) is 8.13. The van der Waals surface area contributed by atoms with Gasteiger partial charge in [-0.3, -0.25) is 9.59 Å². The van der Waals surface area contributed by atoms with Crippen molar-refractivity contribution in [2.75, 3.05) is 13.7 Å². The standard InChI is InChI=1S/C28H29Cl2N3O5/c1-4-37-26-20(11-8-12-25(26)36-3)17-31-33-28(35)23(15-19-9-6-5-7-10-19)32-27(34)18(2)38-24-14-13-21(29)16-22(24)30/h5-14,16-18,23H,4,15H2,1-3H3,(H,32,34)(H,33,35)/b31-17-/t18-,23+/m1/s1. The fraction of sp³-hybridized carbons (Fsp3) is 0.250. The van der Waals surface area contributed by atoms with Gasteiger partial charge < -0.3 is 19.5 Å². The van der Waals surface area contributed by atoms with E-state index in [-0.39, 0.29) is 11.4 Å². The van der Waals surface area contributed by atoms with Crippen LogP contribution in [0.5, 0.6) is 17.2 Å². The number of halogens is 2. The highest BCUT2D eigenvalue weighted by molar-refractivity contribution is 6.35. The van der Waals surface area contributed by atoms with E-state index < -0.39 is 24.0 Å². The third-order valence-corrected chi connectivity index (χ3v) is 5.91. The highest BCUT2D eigenvalue weighted by Crippen LogP contribution is 2.30. The van der Waals surface area contributed by atoms with Crippen LogP contribution in [0.1, 0.15) is 25.0 Å². The summed E-state index contributed by atoms with van der Waals surface area (Å²) in [5.74, 6) is 0.358. The molecule has 3 aromatic carbocycles. The number of hydrazone groups is 1. The van der Waals surface area contributed by atoms with E-state index in [0.29, 0.717) is 34.4 Å². The Bertz CT molecular complexity index is 1270. The zero-order valence-corrected chi connectivity index (χ0v) is 22.8. The van der Waals surface area contributed by atoms with Gasteiger partial charge in [-0.15, -0.1) is 0 Å². The van der Waals surface area contributed by atoms with E-state index in [2.05, 4.69) is 15.8 Å². The Morgan fingerprint density at radius 2 is 1.76 bits per heavy atom. The van der Waals surface area contributed by atoms with Gasteiger partial charge in [0.1, 0.15) is 11.8 Å². The molecule has 10 heteroatoms. The zero-order chi connectivity index (χ0) is 27.5. The maximum absolute atomic E-state index is 13.1. The van der Waals surface area contributed by atoms with Crippen molar-refractivity contribution in [1.29, 1.82) is 0 Å². The van der Waals surface area contributed by atoms with Crippen molar-refractivity contribution in [3.63, 3.8) is 0 Å². The minimum absolute atomic E-state index is 0.242. The van der Waals surface area contributed by atoms with Crippen LogP contribution >= 0.6 is 23.2 Å². The Morgan fingerprint density at radius 1 is 1.00 bits per heavy atom. The number of hydrogen-bond acceptors (Lipinski definition) is 6. The maximum Gasteiger partial charge on any atom is 0.262 e. The quantitative estimate of drug-likeness (QED) is 0.240. The lowest BCUT2D eigenvalue weighted by Crippen LogP contribution is -2.50. The van der Waals surface area contributed by atoms with Gasteiger partial charge in [-0.2, -0.15) is 5.10 Å². The lowest BCUT2D eigenvalue weighted by atomic mass is 10.1. The van der Waals surface area contributed by atoms with Crippen molar-refractivity contribution in [3.05, 3.63) is 87.9 Å². The van der Waals surface area contributed by atoms with E-state index in [1.807, 2.05) is 37.3 Å². The van der Waals surface area contributed by atoms with Crippen LogP contribution in [-0.2, 0) is 16.0 Å². The largest absolute Gasteiger partial charge is 0.493 e. The number of hydrogen-bond donors (Lipinski definition) is 2. The molecule has 0 heterocycles. The van der Waals surface area contributed by atoms with E-state index in [9.17, 15) is 9.59 Å². The first-order valence-electron chi connectivity index (χ1n) is 11.9. The molecule has 0 fully saturated rings. The molecule has 3 aromatic rings. The first kappa shape index (κ1) is 28.8. The highest BCUT2D eigenvalue weighted by Gasteiger charge is 2.25. The molecule has 200 valence electrons. The maximum atomic E-state index is 13.1. The van der Waals surface area contributed by atoms with E-state index in [1.54, 1.807) is 44.4 Å². The summed E-state index contributed by atoms with van der Waals surface area (Å²) in [6.07, 6.45) is 0.765. The number of amides is 2. The first-order chi connectivity index (χ1) is 18.3. The monoisotopic (exact) mass is 557 g/mol. The van der Waals surface area contributed by atoms with Crippen molar-refractivity contribution in [2.45, 2.75) is 32.4 Å². The molecule has 0 radical (unpaired) electrons. The van der Waals surface area contributed by atoms with Crippen LogP contribution in [0.3, 0.4) is 0 Å². The van der Waals surface area contributed by atoms with Crippen LogP contribution < -0.4 is 25.0 Å². The Morgan fingerprint density at radius 3 is 2.45 bits per heavy atom. The molecule has 0 unspecified atom stereocenters. The predicted molar refractivity (Wildman–Crippen MR) is 149 cm³/mol. The van der Waals surface area contributed by atoms with Gasteiger partial charge in [-0.05, 0) is 49.7 Å². The SMILES string of the molecule is CCOc1c(/C=N\NC(=O)[C@H](Cc2ccccc2)NC(=O)[C@@H](C)Oc2ccc(Cl)cc2Cl)cccc1OC. The smallest absolute Gasteiger partial charge is 0.262 e. The van der Waals surface area contributed by atoms with Crippen LogP contribution in [-0.4, -0.2) is 43.9 Å². The number of ether oxygens (including phenoxy) is 3. The zero-order valence-electron chi connectivity index (χ0n) is 21.2. The second-order valence-corrected chi connectivity index (χ2v) is 8.98. The normalized spacial score (nSPS) is 12.4. The summed E-state index contributed by atoms with van der Waals surface area (Å²) in [5.41, 5.74) is 3.99. The van der Waals surface area contributed by atoms with Crippen LogP contribution in [0.15, 0.2) is 71.8 Å². The van der Waals surface area contributed by atoms with Gasteiger partial charge in [-0.25, -0.2) is 5.43 Å². The number of benzene rings is 3. The van der Waals surface area contributed by atoms with Gasteiger partial charge in [0, 0.05) is 17.0 Å². The molecule has 2 atom stereocenters. The van der Waals surface area contributed by atoms with Crippen molar-refractivity contribution in [3.8, 4) is 17.2 Å². The fourth-order valence-electron chi connectivity index (χ4n) is 3.50. The lowest BCUT2D eigenvalue weighted by Gasteiger charge is -2.21. The number of nitrogens with zero attached hydrogens (tertiary/aromatic N) is 1. The van der Waals surface area contributed by atoms with Crippen LogP contribution in [0, 0.1) is 0 Å². The topological polar surface area (TPSA) is 98.2 Å². The predicted octanol–water partition coefficient (Wildman–Crippen LogP) is 5.05. The minimum atomic E-state index is -0.936. The third kappa shape index (κ3) is 8.13. The van der Waals surface area contributed by atoms with Gasteiger partial charge in [0.25, 0.3) is 11.8 Å². The molecule has 2 amide bonds. The Hall–Kier alpha value is -3.75. The van der Waals surface area contributed by atoms with Gasteiger partial charge in [0.15, 0.2) is 17.6 Å². The molecule has 0 spiro atoms. The van der Waals surface area contributed by atoms with Crippen molar-refractivity contribution in [2.24, 2.45) is 5.10 Å². The van der Waals surface area contributed by atoms with Gasteiger partial charge in [0.2, 0.25) is 0 Å². The summed E-state index contributed by atoms with van der Waals surface area (Å²) in [6, 6.07) is 18.4. The summed E-state index contributed by atoms with van der Waals surface area (Å²) < 4.78 is 16.7. The molecule has 0 aliphatic rings. The summed E-state index contributed by atoms with van der Waals surface area (Å²) in [7, 11) is 1.54. The van der Waals surface area contributed by atoms with Crippen LogP contribution in [0.25, 0.3) is 0 Å². The molecule has 0 saturated heterocycles. The number of rotatable bonds is 12. The lowest BCUT2D eigenvalue weighted by molar-refractivity contribution is -0.132. The molecule has 3 rings (SSSR count). The number of nitrogens with one attached hydrogen (secondary N) is 2. The number of carbonyl (C=O) groups excluding carboxylic acids is 2. The van der Waals surface area contributed by atoms with Gasteiger partial charge >= 0.3 is 0 Å².